The van der Waals surface area contributed by atoms with E-state index in [2.05, 4.69) is 17.2 Å². The van der Waals surface area contributed by atoms with E-state index in [1.54, 1.807) is 0 Å². The lowest BCUT2D eigenvalue weighted by molar-refractivity contribution is 0.463. The van der Waals surface area contributed by atoms with Crippen LogP contribution in [0.25, 0.3) is 0 Å². The summed E-state index contributed by atoms with van der Waals surface area (Å²) in [5, 5.41) is 2.95. The van der Waals surface area contributed by atoms with Gasteiger partial charge in [-0.25, -0.2) is 0 Å². The molecular weight excluding hydrogens is 112 g/mol. The SMILES string of the molecule is CNCC#CCN(C)C. The van der Waals surface area contributed by atoms with Gasteiger partial charge in [-0.3, -0.25) is 4.90 Å². The second kappa shape index (κ2) is 5.61. The molecule has 9 heavy (non-hydrogen) atoms. The van der Waals surface area contributed by atoms with Crippen LogP contribution in [-0.4, -0.2) is 39.1 Å². The zero-order valence-corrected chi connectivity index (χ0v) is 6.36. The molecule has 0 unspecified atom stereocenters. The fourth-order valence-corrected chi connectivity index (χ4v) is 0.365. The van der Waals surface area contributed by atoms with Gasteiger partial charge in [0.1, 0.15) is 0 Å². The van der Waals surface area contributed by atoms with Crippen molar-refractivity contribution in [1.29, 1.82) is 0 Å². The Balaban J connectivity index is 3.16. The average molecular weight is 126 g/mol. The highest BCUT2D eigenvalue weighted by atomic mass is 15.0. The molecule has 0 saturated heterocycles. The van der Waals surface area contributed by atoms with Gasteiger partial charge in [-0.2, -0.15) is 0 Å². The molecule has 0 aromatic carbocycles. The molecule has 0 atom stereocenters. The van der Waals surface area contributed by atoms with E-state index < -0.39 is 0 Å². The van der Waals surface area contributed by atoms with Crippen LogP contribution in [0.4, 0.5) is 0 Å². The van der Waals surface area contributed by atoms with Gasteiger partial charge in [-0.05, 0) is 21.1 Å². The van der Waals surface area contributed by atoms with Gasteiger partial charge in [0.2, 0.25) is 0 Å². The number of hydrogen-bond donors (Lipinski definition) is 1. The minimum Gasteiger partial charge on any atom is -0.309 e. The Morgan fingerprint density at radius 3 is 2.44 bits per heavy atom. The summed E-state index contributed by atoms with van der Waals surface area (Å²) in [6, 6.07) is 0. The summed E-state index contributed by atoms with van der Waals surface area (Å²) in [4.78, 5) is 2.04. The largest absolute Gasteiger partial charge is 0.309 e. The summed E-state index contributed by atoms with van der Waals surface area (Å²) in [7, 11) is 5.91. The van der Waals surface area contributed by atoms with Crippen molar-refractivity contribution < 1.29 is 0 Å². The molecule has 2 nitrogen and oxygen atoms in total. The molecule has 2 heteroatoms. The lowest BCUT2D eigenvalue weighted by Crippen LogP contribution is -2.11. The first-order chi connectivity index (χ1) is 4.27. The van der Waals surface area contributed by atoms with Gasteiger partial charge in [0, 0.05) is 0 Å². The summed E-state index contributed by atoms with van der Waals surface area (Å²) >= 11 is 0. The van der Waals surface area contributed by atoms with Crippen molar-refractivity contribution in [2.45, 2.75) is 0 Å². The number of hydrogen-bond acceptors (Lipinski definition) is 2. The standard InChI is InChI=1S/C7H14N2/c1-8-6-4-5-7-9(2)3/h8H,6-7H2,1-3H3. The van der Waals surface area contributed by atoms with Crippen molar-refractivity contribution in [3.8, 4) is 11.8 Å². The molecule has 0 aliphatic carbocycles. The molecule has 0 heterocycles. The molecule has 0 aliphatic rings. The van der Waals surface area contributed by atoms with Crippen molar-refractivity contribution >= 4 is 0 Å². The normalized spacial score (nSPS) is 8.89. The van der Waals surface area contributed by atoms with Gasteiger partial charge in [0.15, 0.2) is 0 Å². The van der Waals surface area contributed by atoms with Gasteiger partial charge in [0.25, 0.3) is 0 Å². The van der Waals surface area contributed by atoms with Crippen LogP contribution in [0.1, 0.15) is 0 Å². The van der Waals surface area contributed by atoms with E-state index in [4.69, 9.17) is 0 Å². The molecule has 0 spiro atoms. The third-order valence-corrected chi connectivity index (χ3v) is 0.785. The van der Waals surface area contributed by atoms with Crippen LogP contribution >= 0.6 is 0 Å². The first-order valence-corrected chi connectivity index (χ1v) is 3.02. The number of nitrogens with zero attached hydrogens (tertiary/aromatic N) is 1. The van der Waals surface area contributed by atoms with Crippen LogP contribution in [0, 0.1) is 11.8 Å². The van der Waals surface area contributed by atoms with Crippen molar-refractivity contribution in [2.24, 2.45) is 0 Å². The van der Waals surface area contributed by atoms with Crippen LogP contribution in [0.15, 0.2) is 0 Å². The Labute approximate surface area is 57.2 Å². The number of rotatable bonds is 2. The summed E-state index contributed by atoms with van der Waals surface area (Å²) in [5.41, 5.74) is 0. The van der Waals surface area contributed by atoms with E-state index >= 15 is 0 Å². The molecule has 0 amide bonds. The lowest BCUT2D eigenvalue weighted by Gasteiger charge is -2.00. The number of nitrogens with one attached hydrogen (secondary N) is 1. The van der Waals surface area contributed by atoms with Crippen molar-refractivity contribution in [1.82, 2.24) is 10.2 Å². The molecule has 0 aromatic rings. The minimum atomic E-state index is 0.786. The van der Waals surface area contributed by atoms with Crippen molar-refractivity contribution in [3.63, 3.8) is 0 Å². The molecule has 0 aromatic heterocycles. The molecule has 0 radical (unpaired) electrons. The Morgan fingerprint density at radius 2 is 2.00 bits per heavy atom. The molecule has 0 aliphatic heterocycles. The fraction of sp³-hybridized carbons (Fsp3) is 0.714. The first kappa shape index (κ1) is 8.48. The van der Waals surface area contributed by atoms with E-state index in [1.165, 1.54) is 0 Å². The second-order valence-corrected chi connectivity index (χ2v) is 2.12. The summed E-state index contributed by atoms with van der Waals surface area (Å²) in [6.07, 6.45) is 0. The van der Waals surface area contributed by atoms with Crippen LogP contribution in [-0.2, 0) is 0 Å². The molecule has 0 bridgehead atoms. The van der Waals surface area contributed by atoms with E-state index in [0.29, 0.717) is 0 Å². The zero-order chi connectivity index (χ0) is 7.11. The summed E-state index contributed by atoms with van der Waals surface area (Å²) in [5.74, 6) is 5.96. The smallest absolute Gasteiger partial charge is 0.0597 e. The first-order valence-electron chi connectivity index (χ1n) is 3.02. The maximum atomic E-state index is 3.00. The van der Waals surface area contributed by atoms with Gasteiger partial charge in [-0.15, -0.1) is 0 Å². The maximum Gasteiger partial charge on any atom is 0.0597 e. The topological polar surface area (TPSA) is 15.3 Å². The lowest BCUT2D eigenvalue weighted by atomic mass is 10.5. The molecular formula is C7H14N2. The van der Waals surface area contributed by atoms with Gasteiger partial charge < -0.3 is 5.32 Å². The second-order valence-electron chi connectivity index (χ2n) is 2.12. The predicted octanol–water partition coefficient (Wildman–Crippen LogP) is -0.229. The summed E-state index contributed by atoms with van der Waals surface area (Å²) in [6.45, 7) is 1.63. The molecule has 0 rings (SSSR count). The monoisotopic (exact) mass is 126 g/mol. The van der Waals surface area contributed by atoms with E-state index in [9.17, 15) is 0 Å². The molecule has 52 valence electrons. The van der Waals surface area contributed by atoms with Gasteiger partial charge >= 0.3 is 0 Å². The van der Waals surface area contributed by atoms with E-state index in [1.807, 2.05) is 26.0 Å². The van der Waals surface area contributed by atoms with E-state index in [0.717, 1.165) is 13.1 Å². The van der Waals surface area contributed by atoms with E-state index in [-0.39, 0.29) is 0 Å². The molecule has 0 fully saturated rings. The zero-order valence-electron chi connectivity index (χ0n) is 6.36. The van der Waals surface area contributed by atoms with Crippen molar-refractivity contribution in [2.75, 3.05) is 34.2 Å². The third kappa shape index (κ3) is 7.48. The Bertz CT molecular complexity index is 108. The van der Waals surface area contributed by atoms with Crippen LogP contribution < -0.4 is 5.32 Å². The van der Waals surface area contributed by atoms with Gasteiger partial charge in [0.05, 0.1) is 13.1 Å². The van der Waals surface area contributed by atoms with Gasteiger partial charge in [-0.1, -0.05) is 11.8 Å². The van der Waals surface area contributed by atoms with Crippen molar-refractivity contribution in [3.05, 3.63) is 0 Å². The quantitative estimate of drug-likeness (QED) is 0.514. The average Bonchev–Trinajstić information content (AvgIpc) is 1.80. The van der Waals surface area contributed by atoms with Crippen LogP contribution in [0.5, 0.6) is 0 Å². The fourth-order valence-electron chi connectivity index (χ4n) is 0.365. The Hall–Kier alpha value is -0.520. The Kier molecular flexibility index (Phi) is 5.29. The van der Waals surface area contributed by atoms with Crippen LogP contribution in [0.3, 0.4) is 0 Å². The highest BCUT2D eigenvalue weighted by Gasteiger charge is 1.78. The highest BCUT2D eigenvalue weighted by Crippen LogP contribution is 1.67. The minimum absolute atomic E-state index is 0.786. The highest BCUT2D eigenvalue weighted by molar-refractivity contribution is 5.01. The maximum absolute atomic E-state index is 3.00. The summed E-state index contributed by atoms with van der Waals surface area (Å²) < 4.78 is 0. The Morgan fingerprint density at radius 1 is 1.33 bits per heavy atom. The molecule has 0 saturated carbocycles. The third-order valence-electron chi connectivity index (χ3n) is 0.785. The predicted molar refractivity (Wildman–Crippen MR) is 40.3 cm³/mol. The molecule has 1 N–H and O–H groups in total. The van der Waals surface area contributed by atoms with Crippen LogP contribution in [0.2, 0.25) is 0 Å².